The molecule has 3 aromatic rings. The third kappa shape index (κ3) is 4.60. The van der Waals surface area contributed by atoms with Crippen molar-refractivity contribution in [3.8, 4) is 0 Å². The van der Waals surface area contributed by atoms with Gasteiger partial charge >= 0.3 is 0 Å². The Hall–Kier alpha value is -2.55. The van der Waals surface area contributed by atoms with Crippen LogP contribution < -0.4 is 10.6 Å². The van der Waals surface area contributed by atoms with Gasteiger partial charge in [0.1, 0.15) is 0 Å². The molecule has 4 rings (SSSR count). The largest absolute Gasteiger partial charge is 0.379 e. The number of carbonyl (C=O) groups excluding carboxylic acids is 1. The highest BCUT2D eigenvalue weighted by Crippen LogP contribution is 2.28. The lowest BCUT2D eigenvalue weighted by atomic mass is 10.2. The van der Waals surface area contributed by atoms with Crippen molar-refractivity contribution in [1.82, 2.24) is 20.2 Å². The average Bonchev–Trinajstić information content (AvgIpc) is 3.11. The first-order valence-electron chi connectivity index (χ1n) is 8.94. The van der Waals surface area contributed by atoms with Crippen LogP contribution in [0.3, 0.4) is 0 Å². The number of thiazole rings is 1. The van der Waals surface area contributed by atoms with E-state index in [9.17, 15) is 4.79 Å². The Bertz CT molecular complexity index is 909. The van der Waals surface area contributed by atoms with Crippen LogP contribution in [-0.2, 0) is 4.74 Å². The average molecular weight is 383 g/mol. The number of rotatable bonds is 6. The number of benzene rings is 1. The number of nitrogens with one attached hydrogen (secondary N) is 2. The van der Waals surface area contributed by atoms with Gasteiger partial charge < -0.3 is 15.4 Å². The molecule has 140 valence electrons. The molecule has 0 unspecified atom stereocenters. The van der Waals surface area contributed by atoms with Crippen LogP contribution in [0.1, 0.15) is 10.4 Å². The lowest BCUT2D eigenvalue weighted by Gasteiger charge is -2.26. The second kappa shape index (κ2) is 8.43. The van der Waals surface area contributed by atoms with Gasteiger partial charge in [0.05, 0.1) is 35.3 Å². The molecule has 0 saturated carbocycles. The fourth-order valence-electron chi connectivity index (χ4n) is 2.93. The zero-order valence-electron chi connectivity index (χ0n) is 14.9. The summed E-state index contributed by atoms with van der Waals surface area (Å²) < 4.78 is 6.31. The van der Waals surface area contributed by atoms with Gasteiger partial charge in [-0.15, -0.1) is 0 Å². The number of hydrogen-bond acceptors (Lipinski definition) is 7. The maximum Gasteiger partial charge on any atom is 0.251 e. The highest BCUT2D eigenvalue weighted by molar-refractivity contribution is 7.22. The number of anilines is 2. The highest BCUT2D eigenvalue weighted by atomic mass is 32.1. The van der Waals surface area contributed by atoms with Gasteiger partial charge in [-0.3, -0.25) is 14.7 Å². The monoisotopic (exact) mass is 383 g/mol. The number of morpholine rings is 1. The van der Waals surface area contributed by atoms with Gasteiger partial charge in [-0.05, 0) is 30.3 Å². The smallest absolute Gasteiger partial charge is 0.251 e. The lowest BCUT2D eigenvalue weighted by Crippen LogP contribution is -2.41. The topological polar surface area (TPSA) is 79.4 Å². The number of pyridine rings is 1. The second-order valence-electron chi connectivity index (χ2n) is 6.28. The number of aromatic nitrogens is 2. The molecule has 7 nitrogen and oxygen atoms in total. The second-order valence-corrected chi connectivity index (χ2v) is 7.31. The van der Waals surface area contributed by atoms with E-state index in [-0.39, 0.29) is 5.91 Å². The number of carbonyl (C=O) groups is 1. The third-order valence-corrected chi connectivity index (χ3v) is 5.31. The van der Waals surface area contributed by atoms with Crippen LogP contribution in [-0.4, -0.2) is 60.2 Å². The van der Waals surface area contributed by atoms with Gasteiger partial charge in [-0.25, -0.2) is 4.98 Å². The number of ether oxygens (including phenoxy) is 1. The van der Waals surface area contributed by atoms with Crippen molar-refractivity contribution in [3.63, 3.8) is 0 Å². The number of nitrogens with zero attached hydrogens (tertiary/aromatic N) is 3. The molecule has 2 aromatic heterocycles. The third-order valence-electron chi connectivity index (χ3n) is 4.38. The van der Waals surface area contributed by atoms with Crippen molar-refractivity contribution < 1.29 is 9.53 Å². The molecule has 1 saturated heterocycles. The molecular weight excluding hydrogens is 362 g/mol. The Morgan fingerprint density at radius 1 is 1.26 bits per heavy atom. The van der Waals surface area contributed by atoms with Crippen molar-refractivity contribution >= 4 is 38.3 Å². The predicted octanol–water partition coefficient (Wildman–Crippen LogP) is 2.50. The van der Waals surface area contributed by atoms with Gasteiger partial charge in [0.15, 0.2) is 5.13 Å². The van der Waals surface area contributed by atoms with Crippen molar-refractivity contribution in [1.29, 1.82) is 0 Å². The Morgan fingerprint density at radius 2 is 2.15 bits per heavy atom. The molecule has 1 aliphatic rings. The zero-order chi connectivity index (χ0) is 18.5. The molecule has 0 radical (unpaired) electrons. The molecule has 8 heteroatoms. The summed E-state index contributed by atoms with van der Waals surface area (Å²) in [5.74, 6) is -0.0553. The van der Waals surface area contributed by atoms with E-state index >= 15 is 0 Å². The number of amides is 1. The van der Waals surface area contributed by atoms with E-state index in [1.54, 1.807) is 12.4 Å². The maximum atomic E-state index is 12.4. The number of hydrogen-bond donors (Lipinski definition) is 2. The molecule has 1 fully saturated rings. The summed E-state index contributed by atoms with van der Waals surface area (Å²) in [6.07, 6.45) is 3.48. The summed E-state index contributed by atoms with van der Waals surface area (Å²) in [7, 11) is 0. The fourth-order valence-corrected chi connectivity index (χ4v) is 3.86. The molecule has 27 heavy (non-hydrogen) atoms. The minimum Gasteiger partial charge on any atom is -0.379 e. The molecule has 0 atom stereocenters. The van der Waals surface area contributed by atoms with E-state index in [1.807, 2.05) is 30.3 Å². The van der Waals surface area contributed by atoms with E-state index in [0.29, 0.717) is 12.1 Å². The first-order chi connectivity index (χ1) is 13.3. The summed E-state index contributed by atoms with van der Waals surface area (Å²) in [5.41, 5.74) is 2.41. The Balaban J connectivity index is 1.37. The van der Waals surface area contributed by atoms with Crippen molar-refractivity contribution in [2.45, 2.75) is 0 Å². The van der Waals surface area contributed by atoms with Crippen molar-refractivity contribution in [2.75, 3.05) is 44.7 Å². The minimum atomic E-state index is -0.0553. The summed E-state index contributed by atoms with van der Waals surface area (Å²) in [6.45, 7) is 4.87. The Labute approximate surface area is 161 Å². The van der Waals surface area contributed by atoms with Gasteiger partial charge in [-0.1, -0.05) is 11.3 Å². The Morgan fingerprint density at radius 3 is 2.96 bits per heavy atom. The highest BCUT2D eigenvalue weighted by Gasteiger charge is 2.12. The summed E-state index contributed by atoms with van der Waals surface area (Å²) in [5, 5.41) is 7.02. The van der Waals surface area contributed by atoms with Crippen LogP contribution >= 0.6 is 11.3 Å². The van der Waals surface area contributed by atoms with E-state index < -0.39 is 0 Å². The van der Waals surface area contributed by atoms with Crippen LogP contribution in [0.5, 0.6) is 0 Å². The molecular formula is C19H21N5O2S. The van der Waals surface area contributed by atoms with E-state index in [2.05, 4.69) is 25.5 Å². The van der Waals surface area contributed by atoms with Crippen molar-refractivity contribution in [2.24, 2.45) is 0 Å². The van der Waals surface area contributed by atoms with Gasteiger partial charge in [0, 0.05) is 37.9 Å². The summed E-state index contributed by atoms with van der Waals surface area (Å²) in [4.78, 5) is 23.4. The summed E-state index contributed by atoms with van der Waals surface area (Å²) >= 11 is 1.52. The van der Waals surface area contributed by atoms with Gasteiger partial charge in [0.2, 0.25) is 0 Å². The molecule has 1 amide bonds. The summed E-state index contributed by atoms with van der Waals surface area (Å²) in [6, 6.07) is 9.41. The SMILES string of the molecule is O=C(NCCN1CCOCC1)c1ccc2nc(Nc3cccnc3)sc2c1. The molecule has 0 spiro atoms. The van der Waals surface area contributed by atoms with Gasteiger partial charge in [0.25, 0.3) is 5.91 Å². The minimum absolute atomic E-state index is 0.0553. The molecule has 1 aliphatic heterocycles. The van der Waals surface area contributed by atoms with Crippen LogP contribution in [0.4, 0.5) is 10.8 Å². The molecule has 0 aliphatic carbocycles. The van der Waals surface area contributed by atoms with Crippen LogP contribution in [0.25, 0.3) is 10.2 Å². The molecule has 3 heterocycles. The number of fused-ring (bicyclic) bond motifs is 1. The normalized spacial score (nSPS) is 15.0. The van der Waals surface area contributed by atoms with Crippen LogP contribution in [0.15, 0.2) is 42.7 Å². The van der Waals surface area contributed by atoms with Crippen LogP contribution in [0, 0.1) is 0 Å². The van der Waals surface area contributed by atoms with E-state index in [1.165, 1.54) is 11.3 Å². The fraction of sp³-hybridized carbons (Fsp3) is 0.316. The first-order valence-corrected chi connectivity index (χ1v) is 9.75. The molecule has 0 bridgehead atoms. The lowest BCUT2D eigenvalue weighted by molar-refractivity contribution is 0.0383. The van der Waals surface area contributed by atoms with E-state index in [4.69, 9.17) is 4.74 Å². The van der Waals surface area contributed by atoms with Crippen molar-refractivity contribution in [3.05, 3.63) is 48.3 Å². The quantitative estimate of drug-likeness (QED) is 0.681. The molecule has 1 aromatic carbocycles. The molecule has 2 N–H and O–H groups in total. The Kier molecular flexibility index (Phi) is 5.57. The van der Waals surface area contributed by atoms with E-state index in [0.717, 1.165) is 53.9 Å². The standard InChI is InChI=1S/C19H21N5O2S/c25-18(21-6-7-24-8-10-26-11-9-24)14-3-4-16-17(12-14)27-19(23-16)22-15-2-1-5-20-13-15/h1-5,12-13H,6-11H2,(H,21,25)(H,22,23). The first kappa shape index (κ1) is 17.8. The van der Waals surface area contributed by atoms with Gasteiger partial charge in [-0.2, -0.15) is 0 Å². The zero-order valence-corrected chi connectivity index (χ0v) is 15.7. The maximum absolute atomic E-state index is 12.4. The predicted molar refractivity (Wildman–Crippen MR) is 107 cm³/mol. The van der Waals surface area contributed by atoms with Crippen LogP contribution in [0.2, 0.25) is 0 Å².